The molecule has 37 heavy (non-hydrogen) atoms. The quantitative estimate of drug-likeness (QED) is 0.219. The third-order valence-corrected chi connectivity index (χ3v) is 6.41. The molecule has 9 heteroatoms. The fraction of sp³-hybridized carbons (Fsp3) is 0.179. The summed E-state index contributed by atoms with van der Waals surface area (Å²) in [5.41, 5.74) is 5.53. The molecule has 3 aromatic carbocycles. The summed E-state index contributed by atoms with van der Waals surface area (Å²) in [5.74, 6) is 0.267. The van der Waals surface area contributed by atoms with Gasteiger partial charge in [-0.15, -0.1) is 0 Å². The Balaban J connectivity index is 1.54. The summed E-state index contributed by atoms with van der Waals surface area (Å²) in [6.07, 6.45) is 3.10. The number of nitrogens with one attached hydrogen (secondary N) is 2. The first-order valence-corrected chi connectivity index (χ1v) is 12.6. The monoisotopic (exact) mass is 562 g/mol. The van der Waals surface area contributed by atoms with Crippen LogP contribution in [0, 0.1) is 0 Å². The van der Waals surface area contributed by atoms with Crippen molar-refractivity contribution in [1.82, 2.24) is 10.7 Å². The van der Waals surface area contributed by atoms with Crippen molar-refractivity contribution in [2.45, 2.75) is 13.8 Å². The van der Waals surface area contributed by atoms with E-state index < -0.39 is 11.8 Å². The largest absolute Gasteiger partial charge is 0.454 e. The Bertz CT molecular complexity index is 1320. The molecule has 1 aliphatic heterocycles. The van der Waals surface area contributed by atoms with Crippen LogP contribution in [0.1, 0.15) is 35.3 Å². The van der Waals surface area contributed by atoms with Crippen molar-refractivity contribution in [2.24, 2.45) is 5.10 Å². The Morgan fingerprint density at radius 1 is 1.00 bits per heavy atom. The summed E-state index contributed by atoms with van der Waals surface area (Å²) in [6, 6.07) is 20.0. The number of carbonyl (C=O) groups is 2. The number of benzene rings is 3. The summed E-state index contributed by atoms with van der Waals surface area (Å²) < 4.78 is 11.5. The Kier molecular flexibility index (Phi) is 8.58. The van der Waals surface area contributed by atoms with Gasteiger partial charge >= 0.3 is 0 Å². The molecule has 2 N–H and O–H groups in total. The second-order valence-corrected chi connectivity index (χ2v) is 8.92. The number of nitrogens with zero attached hydrogens (tertiary/aromatic N) is 2. The Morgan fingerprint density at radius 2 is 1.68 bits per heavy atom. The number of fused-ring (bicyclic) bond motifs is 1. The van der Waals surface area contributed by atoms with E-state index in [1.807, 2.05) is 30.3 Å². The summed E-state index contributed by atoms with van der Waals surface area (Å²) in [4.78, 5) is 28.1. The van der Waals surface area contributed by atoms with E-state index in [0.717, 1.165) is 28.8 Å². The van der Waals surface area contributed by atoms with Gasteiger partial charge in [0.2, 0.25) is 6.79 Å². The predicted molar refractivity (Wildman–Crippen MR) is 148 cm³/mol. The molecule has 0 unspecified atom stereocenters. The van der Waals surface area contributed by atoms with Gasteiger partial charge in [-0.3, -0.25) is 9.59 Å². The Morgan fingerprint density at radius 3 is 2.35 bits per heavy atom. The second kappa shape index (κ2) is 12.2. The fourth-order valence-electron chi connectivity index (χ4n) is 3.73. The predicted octanol–water partition coefficient (Wildman–Crippen LogP) is 4.95. The molecule has 0 saturated carbocycles. The van der Waals surface area contributed by atoms with Gasteiger partial charge in [-0.05, 0) is 77.8 Å². The number of halogens is 1. The first-order valence-electron chi connectivity index (χ1n) is 11.8. The summed E-state index contributed by atoms with van der Waals surface area (Å²) >= 11 is 3.46. The highest BCUT2D eigenvalue weighted by Crippen LogP contribution is 2.36. The number of hydrogen-bond acceptors (Lipinski definition) is 6. The second-order valence-electron chi connectivity index (χ2n) is 8.07. The summed E-state index contributed by atoms with van der Waals surface area (Å²) in [7, 11) is 0. The van der Waals surface area contributed by atoms with Crippen LogP contribution in [0.3, 0.4) is 0 Å². The third-order valence-electron chi connectivity index (χ3n) is 5.72. The van der Waals surface area contributed by atoms with E-state index in [-0.39, 0.29) is 12.5 Å². The van der Waals surface area contributed by atoms with Crippen molar-refractivity contribution in [3.63, 3.8) is 0 Å². The molecule has 8 nitrogen and oxygen atoms in total. The number of anilines is 1. The van der Waals surface area contributed by atoms with Crippen LogP contribution in [0.5, 0.6) is 11.5 Å². The van der Waals surface area contributed by atoms with Gasteiger partial charge in [0, 0.05) is 34.4 Å². The lowest BCUT2D eigenvalue weighted by molar-refractivity contribution is -0.117. The molecule has 0 bridgehead atoms. The number of carbonyl (C=O) groups excluding carboxylic acids is 2. The SMILES string of the molecule is CCN(CC)c1ccc(C=C(NC(=O)c2ccccc2)C(=O)NN=Cc2cc3c(cc2Br)OCO3)cc1. The molecule has 3 aromatic rings. The zero-order valence-corrected chi connectivity index (χ0v) is 22.1. The van der Waals surface area contributed by atoms with Crippen molar-refractivity contribution >= 4 is 45.7 Å². The minimum absolute atomic E-state index is 0.0614. The molecule has 0 aromatic heterocycles. The van der Waals surface area contributed by atoms with Gasteiger partial charge in [0.15, 0.2) is 11.5 Å². The van der Waals surface area contributed by atoms with Crippen LogP contribution in [0.4, 0.5) is 5.69 Å². The number of hydrogen-bond donors (Lipinski definition) is 2. The summed E-state index contributed by atoms with van der Waals surface area (Å²) in [5, 5.41) is 6.80. The van der Waals surface area contributed by atoms with Crippen LogP contribution >= 0.6 is 15.9 Å². The van der Waals surface area contributed by atoms with Gasteiger partial charge in [0.1, 0.15) is 5.70 Å². The van der Waals surface area contributed by atoms with Crippen molar-refractivity contribution < 1.29 is 19.1 Å². The van der Waals surface area contributed by atoms with E-state index >= 15 is 0 Å². The average molecular weight is 563 g/mol. The lowest BCUT2D eigenvalue weighted by atomic mass is 10.1. The minimum atomic E-state index is -0.565. The highest BCUT2D eigenvalue weighted by Gasteiger charge is 2.17. The standard InChI is InChI=1S/C28H27BrN4O4/c1-3-33(4-2)22-12-10-19(11-13-22)14-24(31-27(34)20-8-6-5-7-9-20)28(35)32-30-17-21-15-25-26(16-23(21)29)37-18-36-25/h5-17H,3-4,18H2,1-2H3,(H,31,34)(H,32,35). The molecule has 4 rings (SSSR count). The normalized spacial score (nSPS) is 12.5. The van der Waals surface area contributed by atoms with Crippen LogP contribution in [0.15, 0.2) is 82.0 Å². The van der Waals surface area contributed by atoms with Gasteiger partial charge in [0.05, 0.1) is 6.21 Å². The van der Waals surface area contributed by atoms with Gasteiger partial charge in [0.25, 0.3) is 11.8 Å². The maximum Gasteiger partial charge on any atom is 0.287 e. The number of ether oxygens (including phenoxy) is 2. The van der Waals surface area contributed by atoms with E-state index in [1.54, 1.807) is 42.5 Å². The van der Waals surface area contributed by atoms with Gasteiger partial charge in [-0.1, -0.05) is 30.3 Å². The molecule has 0 spiro atoms. The third kappa shape index (κ3) is 6.56. The van der Waals surface area contributed by atoms with Gasteiger partial charge in [-0.2, -0.15) is 5.10 Å². The molecule has 1 heterocycles. The van der Waals surface area contributed by atoms with Crippen LogP contribution < -0.4 is 25.1 Å². The average Bonchev–Trinajstić information content (AvgIpc) is 3.37. The van der Waals surface area contributed by atoms with Crippen LogP contribution in [-0.2, 0) is 4.79 Å². The Hall–Kier alpha value is -4.11. The molecule has 0 fully saturated rings. The van der Waals surface area contributed by atoms with E-state index in [2.05, 4.69) is 50.5 Å². The Labute approximate surface area is 224 Å². The van der Waals surface area contributed by atoms with E-state index in [4.69, 9.17) is 9.47 Å². The summed E-state index contributed by atoms with van der Waals surface area (Å²) in [6.45, 7) is 6.14. The molecular weight excluding hydrogens is 536 g/mol. The van der Waals surface area contributed by atoms with Crippen molar-refractivity contribution in [3.05, 3.63) is 93.6 Å². The molecular formula is C28H27BrN4O4. The molecule has 190 valence electrons. The number of amides is 2. The van der Waals surface area contributed by atoms with Crippen LogP contribution in [-0.4, -0.2) is 37.9 Å². The van der Waals surface area contributed by atoms with E-state index in [1.165, 1.54) is 6.21 Å². The molecule has 1 aliphatic rings. The van der Waals surface area contributed by atoms with Crippen molar-refractivity contribution in [3.8, 4) is 11.5 Å². The van der Waals surface area contributed by atoms with Crippen LogP contribution in [0.25, 0.3) is 6.08 Å². The lowest BCUT2D eigenvalue weighted by Gasteiger charge is -2.21. The fourth-order valence-corrected chi connectivity index (χ4v) is 4.16. The topological polar surface area (TPSA) is 92.3 Å². The van der Waals surface area contributed by atoms with Crippen molar-refractivity contribution in [2.75, 3.05) is 24.8 Å². The van der Waals surface area contributed by atoms with E-state index in [9.17, 15) is 9.59 Å². The maximum absolute atomic E-state index is 13.1. The van der Waals surface area contributed by atoms with Crippen molar-refractivity contribution in [1.29, 1.82) is 0 Å². The van der Waals surface area contributed by atoms with Crippen LogP contribution in [0.2, 0.25) is 0 Å². The molecule has 2 amide bonds. The zero-order chi connectivity index (χ0) is 26.2. The first kappa shape index (κ1) is 26.0. The maximum atomic E-state index is 13.1. The van der Waals surface area contributed by atoms with Gasteiger partial charge in [-0.25, -0.2) is 5.43 Å². The van der Waals surface area contributed by atoms with Gasteiger partial charge < -0.3 is 19.7 Å². The molecule has 0 atom stereocenters. The van der Waals surface area contributed by atoms with E-state index in [0.29, 0.717) is 22.6 Å². The number of hydrazone groups is 1. The minimum Gasteiger partial charge on any atom is -0.454 e. The molecule has 0 saturated heterocycles. The molecule has 0 aliphatic carbocycles. The first-order chi connectivity index (χ1) is 18.0. The highest BCUT2D eigenvalue weighted by molar-refractivity contribution is 9.10. The lowest BCUT2D eigenvalue weighted by Crippen LogP contribution is -2.32. The molecule has 0 radical (unpaired) electrons. The zero-order valence-electron chi connectivity index (χ0n) is 20.5. The highest BCUT2D eigenvalue weighted by atomic mass is 79.9. The smallest absolute Gasteiger partial charge is 0.287 e. The number of rotatable bonds is 9.